The summed E-state index contributed by atoms with van der Waals surface area (Å²) in [6.45, 7) is 2.67. The summed E-state index contributed by atoms with van der Waals surface area (Å²) in [5, 5.41) is 15.5. The second-order valence-electron chi connectivity index (χ2n) is 9.04. The van der Waals surface area contributed by atoms with Crippen molar-refractivity contribution in [2.24, 2.45) is 0 Å². The minimum Gasteiger partial charge on any atom is -0.483 e. The Kier molecular flexibility index (Phi) is 12.5. The number of hydrogen-bond acceptors (Lipinski definition) is 10. The number of rotatable bonds is 18. The van der Waals surface area contributed by atoms with Crippen LogP contribution in [-0.4, -0.2) is 111 Å². The molecule has 1 unspecified atom stereocenters. The van der Waals surface area contributed by atoms with E-state index in [4.69, 9.17) is 24.1 Å². The first-order chi connectivity index (χ1) is 19.8. The smallest absolute Gasteiger partial charge is 0.404 e. The largest absolute Gasteiger partial charge is 0.483 e. The zero-order chi connectivity index (χ0) is 29.6. The van der Waals surface area contributed by atoms with E-state index in [1.807, 2.05) is 0 Å². The molecule has 6 amide bonds. The van der Waals surface area contributed by atoms with Gasteiger partial charge in [-0.05, 0) is 31.4 Å². The number of nitrogens with zero attached hydrogens (tertiary/aromatic N) is 1. The van der Waals surface area contributed by atoms with E-state index in [1.165, 1.54) is 18.2 Å². The van der Waals surface area contributed by atoms with Crippen molar-refractivity contribution in [3.8, 4) is 5.75 Å². The lowest BCUT2D eigenvalue weighted by Crippen LogP contribution is -2.54. The Labute approximate surface area is 235 Å². The second-order valence-corrected chi connectivity index (χ2v) is 9.04. The number of amides is 6. The molecule has 1 aromatic rings. The Morgan fingerprint density at radius 2 is 1.54 bits per heavy atom. The Morgan fingerprint density at radius 3 is 2.17 bits per heavy atom. The van der Waals surface area contributed by atoms with Crippen LogP contribution in [0.1, 0.15) is 46.4 Å². The van der Waals surface area contributed by atoms with Crippen LogP contribution < -0.4 is 20.7 Å². The third kappa shape index (κ3) is 9.51. The fourth-order valence-corrected chi connectivity index (χ4v) is 4.11. The van der Waals surface area contributed by atoms with E-state index in [-0.39, 0.29) is 36.3 Å². The van der Waals surface area contributed by atoms with Gasteiger partial charge in [-0.2, -0.15) is 0 Å². The molecule has 2 aliphatic rings. The molecule has 3 rings (SSSR count). The average molecular weight is 579 g/mol. The minimum atomic E-state index is -1.09. The van der Waals surface area contributed by atoms with Crippen LogP contribution in [0.2, 0.25) is 0 Å². The number of carboxylic acid groups (broad SMARTS) is 1. The van der Waals surface area contributed by atoms with Gasteiger partial charge in [0.2, 0.25) is 11.8 Å². The maximum absolute atomic E-state index is 13.0. The van der Waals surface area contributed by atoms with Gasteiger partial charge in [0.05, 0.1) is 37.6 Å². The van der Waals surface area contributed by atoms with Crippen molar-refractivity contribution in [1.29, 1.82) is 0 Å². The lowest BCUT2D eigenvalue weighted by atomic mass is 10.0. The van der Waals surface area contributed by atoms with Crippen molar-refractivity contribution in [2.45, 2.75) is 31.7 Å². The molecular weight excluding hydrogens is 544 g/mol. The van der Waals surface area contributed by atoms with Gasteiger partial charge in [-0.25, -0.2) is 4.79 Å². The lowest BCUT2D eigenvalue weighted by Gasteiger charge is -2.27. The van der Waals surface area contributed by atoms with Crippen molar-refractivity contribution in [2.75, 3.05) is 59.3 Å². The Hall–Kier alpha value is -4.08. The van der Waals surface area contributed by atoms with E-state index >= 15 is 0 Å². The van der Waals surface area contributed by atoms with Crippen LogP contribution in [0, 0.1) is 0 Å². The molecule has 15 nitrogen and oxygen atoms in total. The van der Waals surface area contributed by atoms with E-state index in [9.17, 15) is 28.8 Å². The molecular formula is C26H34N4O11. The van der Waals surface area contributed by atoms with Crippen molar-refractivity contribution < 1.29 is 52.8 Å². The molecule has 1 fully saturated rings. The first-order valence-corrected chi connectivity index (χ1v) is 13.2. The molecule has 0 aliphatic carbocycles. The third-order valence-electron chi connectivity index (χ3n) is 6.06. The summed E-state index contributed by atoms with van der Waals surface area (Å²) in [6.07, 6.45) is 0.125. The van der Waals surface area contributed by atoms with Gasteiger partial charge in [0, 0.05) is 32.7 Å². The van der Waals surface area contributed by atoms with Crippen LogP contribution in [0.3, 0.4) is 0 Å². The molecule has 41 heavy (non-hydrogen) atoms. The van der Waals surface area contributed by atoms with Crippen LogP contribution in [0.5, 0.6) is 5.75 Å². The van der Waals surface area contributed by atoms with Crippen molar-refractivity contribution >= 4 is 35.6 Å². The van der Waals surface area contributed by atoms with Crippen LogP contribution in [0.25, 0.3) is 0 Å². The fraction of sp³-hybridized carbons (Fsp3) is 0.538. The molecule has 224 valence electrons. The number of ether oxygens (including phenoxy) is 4. The maximum atomic E-state index is 13.0. The van der Waals surface area contributed by atoms with E-state index in [2.05, 4.69) is 16.0 Å². The number of imide groups is 2. The molecule has 1 aromatic carbocycles. The van der Waals surface area contributed by atoms with Crippen molar-refractivity contribution in [1.82, 2.24) is 20.9 Å². The summed E-state index contributed by atoms with van der Waals surface area (Å²) in [5.74, 6) is -2.91. The molecule has 1 atom stereocenters. The molecule has 0 saturated carbocycles. The first kappa shape index (κ1) is 31.4. The highest BCUT2D eigenvalue weighted by atomic mass is 16.5. The Morgan fingerprint density at radius 1 is 0.902 bits per heavy atom. The number of fused-ring (bicyclic) bond motifs is 1. The average Bonchev–Trinajstić information content (AvgIpc) is 3.19. The third-order valence-corrected chi connectivity index (χ3v) is 6.06. The van der Waals surface area contributed by atoms with Crippen molar-refractivity contribution in [3.05, 3.63) is 29.3 Å². The van der Waals surface area contributed by atoms with Gasteiger partial charge in [-0.15, -0.1) is 0 Å². The van der Waals surface area contributed by atoms with E-state index in [1.54, 1.807) is 0 Å². The standard InChI is InChI=1S/C26H34N4O11/c31-20-7-6-18(23(33)29-20)30-24(34)17-4-1-5-19(22(17)25(30)35)41-16-21(32)27-8-2-10-38-12-14-40-15-13-39-11-3-9-28-26(36)37/h1,4-5,18,28H,2-3,6-16H2,(H,27,32)(H,36,37)(H,29,31,33). The van der Waals surface area contributed by atoms with Crippen LogP contribution >= 0.6 is 0 Å². The monoisotopic (exact) mass is 578 g/mol. The molecule has 4 N–H and O–H groups in total. The number of benzene rings is 1. The summed E-state index contributed by atoms with van der Waals surface area (Å²) in [6, 6.07) is 3.33. The van der Waals surface area contributed by atoms with Crippen LogP contribution in [-0.2, 0) is 28.6 Å². The van der Waals surface area contributed by atoms with E-state index in [0.29, 0.717) is 65.6 Å². The van der Waals surface area contributed by atoms with Gasteiger partial charge in [0.1, 0.15) is 11.8 Å². The molecule has 2 heterocycles. The summed E-state index contributed by atoms with van der Waals surface area (Å²) >= 11 is 0. The predicted octanol–water partition coefficient (Wildman–Crippen LogP) is -0.320. The van der Waals surface area contributed by atoms with Crippen molar-refractivity contribution in [3.63, 3.8) is 0 Å². The number of hydrogen-bond donors (Lipinski definition) is 4. The molecule has 1 saturated heterocycles. The highest BCUT2D eigenvalue weighted by Gasteiger charge is 2.46. The van der Waals surface area contributed by atoms with E-state index < -0.39 is 41.7 Å². The SMILES string of the molecule is O=C(O)NCCCOCCOCCOCCCNC(=O)COc1cccc2c1C(=O)N(C1CCC(=O)NC1=O)C2=O. The fourth-order valence-electron chi connectivity index (χ4n) is 4.11. The number of carbonyl (C=O) groups is 6. The Bertz CT molecular complexity index is 1130. The molecule has 0 radical (unpaired) electrons. The number of carbonyl (C=O) groups excluding carboxylic acids is 5. The van der Waals surface area contributed by atoms with Crippen LogP contribution in [0.4, 0.5) is 4.79 Å². The normalized spacial score (nSPS) is 16.4. The molecule has 0 bridgehead atoms. The van der Waals surface area contributed by atoms with Gasteiger partial charge in [-0.3, -0.25) is 34.2 Å². The summed E-state index contributed by atoms with van der Waals surface area (Å²) in [5.41, 5.74) is 0.0435. The maximum Gasteiger partial charge on any atom is 0.404 e. The van der Waals surface area contributed by atoms with Gasteiger partial charge in [0.15, 0.2) is 6.61 Å². The Balaban J connectivity index is 1.27. The van der Waals surface area contributed by atoms with Gasteiger partial charge in [-0.1, -0.05) is 6.07 Å². The molecule has 15 heteroatoms. The molecule has 0 aromatic heterocycles. The second kappa shape index (κ2) is 16.2. The highest BCUT2D eigenvalue weighted by molar-refractivity contribution is 6.24. The van der Waals surface area contributed by atoms with E-state index in [0.717, 1.165) is 4.90 Å². The minimum absolute atomic E-state index is 0.0138. The summed E-state index contributed by atoms with van der Waals surface area (Å²) in [7, 11) is 0. The van der Waals surface area contributed by atoms with Gasteiger partial charge < -0.3 is 34.7 Å². The lowest BCUT2D eigenvalue weighted by molar-refractivity contribution is -0.136. The first-order valence-electron chi connectivity index (χ1n) is 13.2. The summed E-state index contributed by atoms with van der Waals surface area (Å²) < 4.78 is 21.6. The zero-order valence-electron chi connectivity index (χ0n) is 22.5. The zero-order valence-corrected chi connectivity index (χ0v) is 22.5. The molecule has 0 spiro atoms. The number of nitrogens with one attached hydrogen (secondary N) is 3. The predicted molar refractivity (Wildman–Crippen MR) is 139 cm³/mol. The number of piperidine rings is 1. The molecule has 2 aliphatic heterocycles. The quantitative estimate of drug-likeness (QED) is 0.131. The van der Waals surface area contributed by atoms with Gasteiger partial charge in [0.25, 0.3) is 17.7 Å². The highest BCUT2D eigenvalue weighted by Crippen LogP contribution is 2.33. The topological polar surface area (TPSA) is 199 Å². The van der Waals surface area contributed by atoms with Gasteiger partial charge >= 0.3 is 6.09 Å². The van der Waals surface area contributed by atoms with Crippen LogP contribution in [0.15, 0.2) is 18.2 Å². The summed E-state index contributed by atoms with van der Waals surface area (Å²) in [4.78, 5) is 72.9.